The Hall–Kier alpha value is -3.97. The van der Waals surface area contributed by atoms with E-state index in [0.29, 0.717) is 19.3 Å². The van der Waals surface area contributed by atoms with Gasteiger partial charge in [0.1, 0.15) is 0 Å². The number of aliphatic carboxylic acids is 1. The number of fused-ring (bicyclic) bond motifs is 1. The number of oxime groups is 1. The van der Waals surface area contributed by atoms with E-state index in [-0.39, 0.29) is 24.3 Å². The minimum Gasteiger partial charge on any atom is -0.481 e. The van der Waals surface area contributed by atoms with Crippen molar-refractivity contribution in [1.29, 1.82) is 0 Å². The highest BCUT2D eigenvalue weighted by molar-refractivity contribution is 5.90. The normalized spacial score (nSPS) is 24.7. The van der Waals surface area contributed by atoms with Crippen molar-refractivity contribution in [3.05, 3.63) is 95.1 Å². The molecule has 1 fully saturated rings. The van der Waals surface area contributed by atoms with Crippen LogP contribution >= 0.6 is 0 Å². The molecule has 0 bridgehead atoms. The van der Waals surface area contributed by atoms with Gasteiger partial charge in [-0.2, -0.15) is 0 Å². The SMILES string of the molecule is CC1=NOC(c2ccc(-c3ccc(C4(C(=O)O)CC4)cc3)cc2)C1CC(=O)N[C@H]1c2ccccc2C[C@H]1O. The van der Waals surface area contributed by atoms with E-state index in [1.54, 1.807) is 0 Å². The standard InChI is InChI=1S/C31H30N2O5/c1-18-25(17-27(35)32-28-24-5-3-2-4-22(24)16-26(28)34)29(38-33-18)21-8-6-19(7-9-21)20-10-12-23(13-11-20)31(14-15-31)30(36)37/h2-13,25-26,28-29,34H,14-17H2,1H3,(H,32,35)(H,36,37)/t25?,26-,28+,29?/m1/s1. The van der Waals surface area contributed by atoms with E-state index < -0.39 is 23.5 Å². The molecule has 1 heterocycles. The maximum absolute atomic E-state index is 13.0. The van der Waals surface area contributed by atoms with Gasteiger partial charge in [-0.1, -0.05) is 78.0 Å². The van der Waals surface area contributed by atoms with Crippen LogP contribution in [0.3, 0.4) is 0 Å². The highest BCUT2D eigenvalue weighted by Crippen LogP contribution is 2.48. The first kappa shape index (κ1) is 24.4. The second-order valence-corrected chi connectivity index (χ2v) is 10.7. The number of hydrogen-bond donors (Lipinski definition) is 3. The van der Waals surface area contributed by atoms with Crippen molar-refractivity contribution in [3.8, 4) is 11.1 Å². The van der Waals surface area contributed by atoms with Gasteiger partial charge in [-0.15, -0.1) is 0 Å². The van der Waals surface area contributed by atoms with Crippen molar-refractivity contribution in [1.82, 2.24) is 5.32 Å². The van der Waals surface area contributed by atoms with Crippen molar-refractivity contribution in [2.24, 2.45) is 11.1 Å². The Morgan fingerprint density at radius 3 is 2.32 bits per heavy atom. The Labute approximate surface area is 221 Å². The molecule has 194 valence electrons. The number of rotatable bonds is 7. The second-order valence-electron chi connectivity index (χ2n) is 10.7. The minimum atomic E-state index is -0.754. The number of nitrogens with zero attached hydrogens (tertiary/aromatic N) is 1. The number of benzene rings is 3. The van der Waals surface area contributed by atoms with E-state index in [0.717, 1.165) is 39.1 Å². The van der Waals surface area contributed by atoms with Crippen LogP contribution in [0.5, 0.6) is 0 Å². The zero-order chi connectivity index (χ0) is 26.4. The number of carboxylic acids is 1. The largest absolute Gasteiger partial charge is 0.481 e. The average molecular weight is 511 g/mol. The molecule has 0 spiro atoms. The minimum absolute atomic E-state index is 0.146. The first-order valence-electron chi connectivity index (χ1n) is 13.1. The van der Waals surface area contributed by atoms with Crippen LogP contribution in [0.25, 0.3) is 11.1 Å². The molecular formula is C31H30N2O5. The van der Waals surface area contributed by atoms with Crippen LogP contribution in [0.4, 0.5) is 0 Å². The van der Waals surface area contributed by atoms with Crippen LogP contribution in [0.2, 0.25) is 0 Å². The van der Waals surface area contributed by atoms with Gasteiger partial charge in [-0.3, -0.25) is 9.59 Å². The number of amides is 1. The van der Waals surface area contributed by atoms with Gasteiger partial charge < -0.3 is 20.4 Å². The first-order valence-corrected chi connectivity index (χ1v) is 13.1. The third-order valence-corrected chi connectivity index (χ3v) is 8.31. The fraction of sp³-hybridized carbons (Fsp3) is 0.323. The van der Waals surface area contributed by atoms with E-state index >= 15 is 0 Å². The molecule has 0 aromatic heterocycles. The second kappa shape index (κ2) is 9.40. The van der Waals surface area contributed by atoms with Crippen LogP contribution in [-0.2, 0) is 26.3 Å². The lowest BCUT2D eigenvalue weighted by atomic mass is 9.88. The molecule has 3 N–H and O–H groups in total. The third kappa shape index (κ3) is 4.27. The summed E-state index contributed by atoms with van der Waals surface area (Å²) in [6.45, 7) is 1.87. The van der Waals surface area contributed by atoms with Gasteiger partial charge >= 0.3 is 5.97 Å². The van der Waals surface area contributed by atoms with Crippen LogP contribution < -0.4 is 5.32 Å². The molecule has 1 saturated carbocycles. The molecule has 3 aromatic carbocycles. The van der Waals surface area contributed by atoms with Gasteiger partial charge in [0.25, 0.3) is 0 Å². The Balaban J connectivity index is 1.13. The molecule has 2 unspecified atom stereocenters. The highest BCUT2D eigenvalue weighted by atomic mass is 16.6. The van der Waals surface area contributed by atoms with Gasteiger partial charge in [0.05, 0.1) is 29.2 Å². The fourth-order valence-corrected chi connectivity index (χ4v) is 5.83. The van der Waals surface area contributed by atoms with Gasteiger partial charge in [0.15, 0.2) is 6.10 Å². The molecular weight excluding hydrogens is 480 g/mol. The predicted molar refractivity (Wildman–Crippen MR) is 143 cm³/mol. The van der Waals surface area contributed by atoms with Crippen LogP contribution in [0, 0.1) is 5.92 Å². The Morgan fingerprint density at radius 2 is 1.66 bits per heavy atom. The molecule has 7 heteroatoms. The Bertz CT molecular complexity index is 1410. The zero-order valence-electron chi connectivity index (χ0n) is 21.1. The fourth-order valence-electron chi connectivity index (χ4n) is 5.83. The average Bonchev–Trinajstić information content (AvgIpc) is 3.59. The molecule has 6 rings (SSSR count). The van der Waals surface area contributed by atoms with Gasteiger partial charge in [-0.05, 0) is 53.1 Å². The van der Waals surface area contributed by atoms with E-state index in [1.165, 1.54) is 0 Å². The molecule has 38 heavy (non-hydrogen) atoms. The zero-order valence-corrected chi connectivity index (χ0v) is 21.1. The molecule has 2 aliphatic carbocycles. The molecule has 4 atom stereocenters. The number of carbonyl (C=O) groups excluding carboxylic acids is 1. The maximum atomic E-state index is 13.0. The van der Waals surface area contributed by atoms with Gasteiger partial charge in [0.2, 0.25) is 5.91 Å². The number of carboxylic acid groups (broad SMARTS) is 1. The molecule has 7 nitrogen and oxygen atoms in total. The van der Waals surface area contributed by atoms with Gasteiger partial charge in [0, 0.05) is 12.8 Å². The Morgan fingerprint density at radius 1 is 1.00 bits per heavy atom. The number of aliphatic hydroxyl groups is 1. The lowest BCUT2D eigenvalue weighted by Crippen LogP contribution is -2.36. The van der Waals surface area contributed by atoms with Crippen LogP contribution in [0.15, 0.2) is 78.0 Å². The highest BCUT2D eigenvalue weighted by Gasteiger charge is 2.51. The smallest absolute Gasteiger partial charge is 0.314 e. The maximum Gasteiger partial charge on any atom is 0.314 e. The van der Waals surface area contributed by atoms with Crippen molar-refractivity contribution >= 4 is 17.6 Å². The molecule has 0 radical (unpaired) electrons. The van der Waals surface area contributed by atoms with Gasteiger partial charge in [-0.25, -0.2) is 0 Å². The molecule has 1 amide bonds. The summed E-state index contributed by atoms with van der Waals surface area (Å²) in [5.74, 6) is -1.11. The molecule has 3 aromatic rings. The lowest BCUT2D eigenvalue weighted by molar-refractivity contribution is -0.140. The predicted octanol–water partition coefficient (Wildman–Crippen LogP) is 4.70. The summed E-state index contributed by atoms with van der Waals surface area (Å²) in [5, 5.41) is 27.3. The summed E-state index contributed by atoms with van der Waals surface area (Å²) in [5.41, 5.74) is 5.90. The molecule has 1 aliphatic heterocycles. The van der Waals surface area contributed by atoms with E-state index in [1.807, 2.05) is 79.7 Å². The topological polar surface area (TPSA) is 108 Å². The number of hydrogen-bond acceptors (Lipinski definition) is 5. The number of nitrogens with one attached hydrogen (secondary N) is 1. The third-order valence-electron chi connectivity index (χ3n) is 8.31. The number of carbonyl (C=O) groups is 2. The molecule has 3 aliphatic rings. The number of aliphatic hydroxyl groups excluding tert-OH is 1. The Kier molecular flexibility index (Phi) is 6.03. The summed E-state index contributed by atoms with van der Waals surface area (Å²) >= 11 is 0. The summed E-state index contributed by atoms with van der Waals surface area (Å²) < 4.78 is 0. The van der Waals surface area contributed by atoms with Crippen molar-refractivity contribution < 1.29 is 24.6 Å². The lowest BCUT2D eigenvalue weighted by Gasteiger charge is -2.22. The molecule has 0 saturated heterocycles. The van der Waals surface area contributed by atoms with E-state index in [4.69, 9.17) is 4.84 Å². The first-order chi connectivity index (χ1) is 18.4. The summed E-state index contributed by atoms with van der Waals surface area (Å²) in [4.78, 5) is 30.4. The summed E-state index contributed by atoms with van der Waals surface area (Å²) in [6.07, 6.45) is 1.11. The van der Waals surface area contributed by atoms with Crippen molar-refractivity contribution in [3.63, 3.8) is 0 Å². The summed E-state index contributed by atoms with van der Waals surface area (Å²) in [7, 11) is 0. The quantitative estimate of drug-likeness (QED) is 0.427. The van der Waals surface area contributed by atoms with E-state index in [2.05, 4.69) is 10.5 Å². The summed E-state index contributed by atoms with van der Waals surface area (Å²) in [6, 6.07) is 23.2. The monoisotopic (exact) mass is 510 g/mol. The van der Waals surface area contributed by atoms with Crippen LogP contribution in [-0.4, -0.2) is 33.9 Å². The van der Waals surface area contributed by atoms with Crippen LogP contribution in [0.1, 0.15) is 60.6 Å². The van der Waals surface area contributed by atoms with Crippen molar-refractivity contribution in [2.45, 2.75) is 56.3 Å². The van der Waals surface area contributed by atoms with E-state index in [9.17, 15) is 19.8 Å². The van der Waals surface area contributed by atoms with Crippen molar-refractivity contribution in [2.75, 3.05) is 0 Å².